The lowest BCUT2D eigenvalue weighted by molar-refractivity contribution is -0.140. The van der Waals surface area contributed by atoms with Crippen molar-refractivity contribution in [2.75, 3.05) is 6.61 Å². The molecular weight excluding hydrogens is 482 g/mol. The van der Waals surface area contributed by atoms with Gasteiger partial charge in [0.1, 0.15) is 11.7 Å². The molecule has 37 heavy (non-hydrogen) atoms. The molecule has 1 saturated heterocycles. The van der Waals surface area contributed by atoms with Gasteiger partial charge in [-0.2, -0.15) is 0 Å². The number of rotatable bonds is 6. The summed E-state index contributed by atoms with van der Waals surface area (Å²) in [6, 6.07) is 20.5. The van der Waals surface area contributed by atoms with Gasteiger partial charge in [-0.15, -0.1) is 0 Å². The molecular formula is C30H39NO5Si. The van der Waals surface area contributed by atoms with Crippen LogP contribution in [0.2, 0.25) is 5.04 Å². The van der Waals surface area contributed by atoms with Gasteiger partial charge in [0, 0.05) is 6.08 Å². The van der Waals surface area contributed by atoms with Gasteiger partial charge >= 0.3 is 12.1 Å². The van der Waals surface area contributed by atoms with Crippen LogP contribution in [-0.4, -0.2) is 55.7 Å². The van der Waals surface area contributed by atoms with Crippen LogP contribution in [0.4, 0.5) is 4.79 Å². The predicted molar refractivity (Wildman–Crippen MR) is 147 cm³/mol. The van der Waals surface area contributed by atoms with E-state index in [4.69, 9.17) is 13.9 Å². The Hall–Kier alpha value is -2.90. The Kier molecular flexibility index (Phi) is 7.67. The first-order valence-electron chi connectivity index (χ1n) is 13.1. The minimum absolute atomic E-state index is 0.172. The Balaban J connectivity index is 1.69. The van der Waals surface area contributed by atoms with Crippen molar-refractivity contribution >= 4 is 30.8 Å². The fourth-order valence-electron chi connectivity index (χ4n) is 5.57. The average Bonchev–Trinajstić information content (AvgIpc) is 3.45. The maximum Gasteiger partial charge on any atom is 0.411 e. The Bertz CT molecular complexity index is 1080. The van der Waals surface area contributed by atoms with Gasteiger partial charge in [0.05, 0.1) is 18.7 Å². The molecule has 0 aromatic heterocycles. The number of cyclic esters (lactones) is 1. The minimum atomic E-state index is -2.77. The second-order valence-corrected chi connectivity index (χ2v) is 16.2. The summed E-state index contributed by atoms with van der Waals surface area (Å²) in [7, 11) is -2.77. The SMILES string of the molecule is CC(C)(C)OC(=O)N1[C@@H](CO[Si](c2ccccc2)(c2ccccc2)C(C)(C)C)CC[C@@H]1[C@H]1C=CC(=O)O1. The number of hydrogen-bond acceptors (Lipinski definition) is 5. The minimum Gasteiger partial charge on any atom is -0.453 e. The van der Waals surface area contributed by atoms with Crippen molar-refractivity contribution in [3.63, 3.8) is 0 Å². The molecule has 0 bridgehead atoms. The highest BCUT2D eigenvalue weighted by molar-refractivity contribution is 6.99. The van der Waals surface area contributed by atoms with Gasteiger partial charge < -0.3 is 13.9 Å². The maximum atomic E-state index is 13.5. The molecule has 0 aliphatic carbocycles. The van der Waals surface area contributed by atoms with E-state index in [2.05, 4.69) is 69.3 Å². The molecule has 2 aliphatic heterocycles. The highest BCUT2D eigenvalue weighted by Crippen LogP contribution is 2.38. The summed E-state index contributed by atoms with van der Waals surface area (Å²) >= 11 is 0. The molecule has 198 valence electrons. The van der Waals surface area contributed by atoms with Gasteiger partial charge in [0.15, 0.2) is 0 Å². The van der Waals surface area contributed by atoms with Gasteiger partial charge in [0.2, 0.25) is 0 Å². The van der Waals surface area contributed by atoms with E-state index < -0.39 is 26.1 Å². The molecule has 0 spiro atoms. The molecule has 0 N–H and O–H groups in total. The lowest BCUT2D eigenvalue weighted by Gasteiger charge is -2.44. The summed E-state index contributed by atoms with van der Waals surface area (Å²) in [5.74, 6) is -0.374. The van der Waals surface area contributed by atoms with Crippen molar-refractivity contribution < 1.29 is 23.5 Å². The molecule has 6 nitrogen and oxygen atoms in total. The third-order valence-corrected chi connectivity index (χ3v) is 12.1. The highest BCUT2D eigenvalue weighted by atomic mass is 28.4. The van der Waals surface area contributed by atoms with E-state index in [1.54, 1.807) is 11.0 Å². The normalized spacial score (nSPS) is 22.3. The van der Waals surface area contributed by atoms with Crippen molar-refractivity contribution in [2.45, 2.75) is 83.2 Å². The van der Waals surface area contributed by atoms with E-state index in [1.807, 2.05) is 32.9 Å². The van der Waals surface area contributed by atoms with E-state index in [9.17, 15) is 9.59 Å². The van der Waals surface area contributed by atoms with Crippen LogP contribution in [0.25, 0.3) is 0 Å². The Labute approximate surface area is 221 Å². The summed E-state index contributed by atoms with van der Waals surface area (Å²) in [5, 5.41) is 2.22. The summed E-state index contributed by atoms with van der Waals surface area (Å²) in [4.78, 5) is 27.1. The molecule has 1 fully saturated rings. The molecule has 2 heterocycles. The third-order valence-electron chi connectivity index (χ3n) is 7.11. The van der Waals surface area contributed by atoms with Crippen molar-refractivity contribution in [3.05, 3.63) is 72.8 Å². The Morgan fingerprint density at radius 3 is 1.97 bits per heavy atom. The zero-order chi connectivity index (χ0) is 26.8. The van der Waals surface area contributed by atoms with Crippen molar-refractivity contribution in [1.29, 1.82) is 0 Å². The van der Waals surface area contributed by atoms with Gasteiger partial charge in [-0.05, 0) is 55.1 Å². The van der Waals surface area contributed by atoms with Crippen LogP contribution in [0.1, 0.15) is 54.4 Å². The molecule has 7 heteroatoms. The highest BCUT2D eigenvalue weighted by Gasteiger charge is 2.52. The first-order valence-corrected chi connectivity index (χ1v) is 15.0. The standard InChI is InChI=1S/C30H39NO5Si/c1-29(2,3)36-28(33)31-22(17-18-25(31)26-19-20-27(32)35-26)21-34-37(30(4,5)6,23-13-9-7-10-14-23)24-15-11-8-12-16-24/h7-16,19-20,22,25-26H,17-18,21H2,1-6H3/t22-,25-,26-/m1/s1. The van der Waals surface area contributed by atoms with Gasteiger partial charge in [-0.3, -0.25) is 4.90 Å². The molecule has 2 aromatic rings. The van der Waals surface area contributed by atoms with Gasteiger partial charge in [-0.25, -0.2) is 9.59 Å². The Morgan fingerprint density at radius 1 is 0.946 bits per heavy atom. The fraction of sp³-hybridized carbons (Fsp3) is 0.467. The van der Waals surface area contributed by atoms with E-state index in [1.165, 1.54) is 16.4 Å². The molecule has 0 saturated carbocycles. The largest absolute Gasteiger partial charge is 0.453 e. The van der Waals surface area contributed by atoms with Crippen LogP contribution in [0.15, 0.2) is 72.8 Å². The van der Waals surface area contributed by atoms with Crippen LogP contribution in [0.3, 0.4) is 0 Å². The smallest absolute Gasteiger partial charge is 0.411 e. The number of carbonyl (C=O) groups is 2. The van der Waals surface area contributed by atoms with Crippen LogP contribution in [0.5, 0.6) is 0 Å². The van der Waals surface area contributed by atoms with Crippen molar-refractivity contribution in [3.8, 4) is 0 Å². The van der Waals surface area contributed by atoms with Crippen LogP contribution >= 0.6 is 0 Å². The molecule has 0 radical (unpaired) electrons. The second kappa shape index (κ2) is 10.5. The molecule has 0 unspecified atom stereocenters. The van der Waals surface area contributed by atoms with E-state index in [0.29, 0.717) is 13.0 Å². The maximum absolute atomic E-state index is 13.5. The van der Waals surface area contributed by atoms with Gasteiger partial charge in [-0.1, -0.05) is 81.4 Å². The first kappa shape index (κ1) is 27.1. The third kappa shape index (κ3) is 5.68. The van der Waals surface area contributed by atoms with Crippen molar-refractivity contribution in [1.82, 2.24) is 4.90 Å². The Morgan fingerprint density at radius 2 is 1.51 bits per heavy atom. The summed E-state index contributed by atoms with van der Waals surface area (Å²) < 4.78 is 18.5. The molecule has 2 aliphatic rings. The number of hydrogen-bond donors (Lipinski definition) is 0. The first-order chi connectivity index (χ1) is 17.4. The summed E-state index contributed by atoms with van der Waals surface area (Å²) in [6.07, 6.45) is 3.75. The molecule has 2 aromatic carbocycles. The molecule has 3 atom stereocenters. The van der Waals surface area contributed by atoms with E-state index >= 15 is 0 Å². The second-order valence-electron chi connectivity index (χ2n) is 11.9. The number of benzene rings is 2. The molecule has 4 rings (SSSR count). The summed E-state index contributed by atoms with van der Waals surface area (Å²) in [5.41, 5.74) is -0.643. The molecule has 1 amide bonds. The summed E-state index contributed by atoms with van der Waals surface area (Å²) in [6.45, 7) is 12.7. The van der Waals surface area contributed by atoms with Crippen LogP contribution in [-0.2, 0) is 18.7 Å². The number of amides is 1. The number of nitrogens with zero attached hydrogens (tertiary/aromatic N) is 1. The number of ether oxygens (including phenoxy) is 2. The zero-order valence-electron chi connectivity index (χ0n) is 22.8. The lowest BCUT2D eigenvalue weighted by atomic mass is 10.1. The quantitative estimate of drug-likeness (QED) is 0.403. The number of carbonyl (C=O) groups excluding carboxylic acids is 2. The van der Waals surface area contributed by atoms with Crippen LogP contribution in [0, 0.1) is 0 Å². The van der Waals surface area contributed by atoms with E-state index in [-0.39, 0.29) is 23.1 Å². The lowest BCUT2D eigenvalue weighted by Crippen LogP contribution is -2.67. The predicted octanol–water partition coefficient (Wildman–Crippen LogP) is 4.81. The zero-order valence-corrected chi connectivity index (χ0v) is 23.8. The van der Waals surface area contributed by atoms with E-state index in [0.717, 1.165) is 6.42 Å². The monoisotopic (exact) mass is 521 g/mol. The number of esters is 1. The van der Waals surface area contributed by atoms with Crippen molar-refractivity contribution in [2.24, 2.45) is 0 Å². The van der Waals surface area contributed by atoms with Gasteiger partial charge in [0.25, 0.3) is 8.32 Å². The topological polar surface area (TPSA) is 65.1 Å². The fourth-order valence-corrected chi connectivity index (χ4v) is 10.2. The average molecular weight is 522 g/mol. The van der Waals surface area contributed by atoms with Crippen LogP contribution < -0.4 is 10.4 Å². The number of likely N-dealkylation sites (tertiary alicyclic amines) is 1.